The SMILES string of the molecule is Cc1cc(=O)n2[nH]c(SCc3cccc(C(F)(F)F)c3)nc2n1. The molecule has 0 radical (unpaired) electrons. The number of H-pyrrole nitrogens is 1. The van der Waals surface area contributed by atoms with Crippen LogP contribution in [0.15, 0.2) is 40.3 Å². The van der Waals surface area contributed by atoms with Gasteiger partial charge in [-0.2, -0.15) is 22.7 Å². The number of aromatic nitrogens is 4. The van der Waals surface area contributed by atoms with Crippen molar-refractivity contribution in [2.75, 3.05) is 0 Å². The maximum Gasteiger partial charge on any atom is 0.416 e. The number of hydrogen-bond acceptors (Lipinski definition) is 4. The number of rotatable bonds is 3. The molecule has 23 heavy (non-hydrogen) atoms. The number of halogens is 3. The average Bonchev–Trinajstić information content (AvgIpc) is 2.88. The summed E-state index contributed by atoms with van der Waals surface area (Å²) < 4.78 is 39.2. The number of hydrogen-bond donors (Lipinski definition) is 1. The van der Waals surface area contributed by atoms with Crippen LogP contribution in [0.2, 0.25) is 0 Å². The summed E-state index contributed by atoms with van der Waals surface area (Å²) in [5.74, 6) is 0.527. The molecule has 0 aliphatic carbocycles. The van der Waals surface area contributed by atoms with Gasteiger partial charge in [-0.15, -0.1) is 0 Å². The van der Waals surface area contributed by atoms with Crippen molar-refractivity contribution in [1.29, 1.82) is 0 Å². The summed E-state index contributed by atoms with van der Waals surface area (Å²) in [6.07, 6.45) is -4.37. The Balaban J connectivity index is 1.81. The first-order chi connectivity index (χ1) is 10.8. The van der Waals surface area contributed by atoms with Crippen LogP contribution in [0.4, 0.5) is 13.2 Å². The highest BCUT2D eigenvalue weighted by atomic mass is 32.2. The van der Waals surface area contributed by atoms with E-state index in [1.165, 1.54) is 28.4 Å². The number of nitrogens with one attached hydrogen (secondary N) is 1. The molecule has 3 rings (SSSR count). The molecule has 1 N–H and O–H groups in total. The van der Waals surface area contributed by atoms with Crippen LogP contribution in [-0.2, 0) is 11.9 Å². The highest BCUT2D eigenvalue weighted by molar-refractivity contribution is 7.98. The lowest BCUT2D eigenvalue weighted by atomic mass is 10.1. The number of aryl methyl sites for hydroxylation is 1. The Morgan fingerprint density at radius 1 is 1.26 bits per heavy atom. The lowest BCUT2D eigenvalue weighted by Gasteiger charge is -2.07. The van der Waals surface area contributed by atoms with Gasteiger partial charge in [-0.25, -0.2) is 4.98 Å². The highest BCUT2D eigenvalue weighted by Gasteiger charge is 2.30. The molecule has 0 aliphatic heterocycles. The van der Waals surface area contributed by atoms with Gasteiger partial charge in [0.1, 0.15) is 0 Å². The van der Waals surface area contributed by atoms with E-state index < -0.39 is 11.7 Å². The molecule has 120 valence electrons. The van der Waals surface area contributed by atoms with E-state index in [1.54, 1.807) is 13.0 Å². The maximum atomic E-state index is 12.7. The smallest absolute Gasteiger partial charge is 0.267 e. The van der Waals surface area contributed by atoms with Crippen molar-refractivity contribution >= 4 is 17.5 Å². The fourth-order valence-electron chi connectivity index (χ4n) is 2.03. The molecule has 0 atom stereocenters. The molecular weight excluding hydrogens is 329 g/mol. The third kappa shape index (κ3) is 3.39. The van der Waals surface area contributed by atoms with E-state index in [1.807, 2.05) is 0 Å². The largest absolute Gasteiger partial charge is 0.416 e. The van der Waals surface area contributed by atoms with Gasteiger partial charge >= 0.3 is 6.18 Å². The first-order valence-corrected chi connectivity index (χ1v) is 7.57. The average molecular weight is 340 g/mol. The maximum absolute atomic E-state index is 12.7. The van der Waals surface area contributed by atoms with Crippen molar-refractivity contribution in [3.05, 3.63) is 57.5 Å². The molecule has 5 nitrogen and oxygen atoms in total. The molecule has 2 heterocycles. The second kappa shape index (κ2) is 5.73. The zero-order chi connectivity index (χ0) is 16.6. The van der Waals surface area contributed by atoms with E-state index in [9.17, 15) is 18.0 Å². The molecule has 0 fully saturated rings. The van der Waals surface area contributed by atoms with Crippen LogP contribution < -0.4 is 5.56 Å². The van der Waals surface area contributed by atoms with Crippen LogP contribution in [-0.4, -0.2) is 19.6 Å². The van der Waals surface area contributed by atoms with Gasteiger partial charge in [0, 0.05) is 17.5 Å². The summed E-state index contributed by atoms with van der Waals surface area (Å²) in [5.41, 5.74) is 0.0948. The molecule has 0 saturated heterocycles. The molecule has 9 heteroatoms. The van der Waals surface area contributed by atoms with Gasteiger partial charge in [0.15, 0.2) is 5.16 Å². The topological polar surface area (TPSA) is 63.0 Å². The minimum absolute atomic E-state index is 0.238. The van der Waals surface area contributed by atoms with Crippen LogP contribution in [0.25, 0.3) is 5.78 Å². The van der Waals surface area contributed by atoms with Gasteiger partial charge in [-0.05, 0) is 18.6 Å². The van der Waals surface area contributed by atoms with E-state index in [-0.39, 0.29) is 17.1 Å². The van der Waals surface area contributed by atoms with E-state index in [2.05, 4.69) is 15.1 Å². The molecule has 0 aliphatic rings. The lowest BCUT2D eigenvalue weighted by Crippen LogP contribution is -2.14. The molecule has 0 amide bonds. The van der Waals surface area contributed by atoms with Crippen LogP contribution >= 0.6 is 11.8 Å². The number of alkyl halides is 3. The summed E-state index contributed by atoms with van der Waals surface area (Å²) in [6, 6.07) is 6.48. The summed E-state index contributed by atoms with van der Waals surface area (Å²) in [7, 11) is 0. The van der Waals surface area contributed by atoms with Gasteiger partial charge in [-0.1, -0.05) is 30.0 Å². The van der Waals surface area contributed by atoms with Gasteiger partial charge in [-0.3, -0.25) is 9.89 Å². The van der Waals surface area contributed by atoms with E-state index in [0.29, 0.717) is 16.4 Å². The van der Waals surface area contributed by atoms with Crippen molar-refractivity contribution < 1.29 is 13.2 Å². The molecule has 0 saturated carbocycles. The number of benzene rings is 1. The molecule has 1 aromatic carbocycles. The number of thioether (sulfide) groups is 1. The zero-order valence-corrected chi connectivity index (χ0v) is 12.7. The van der Waals surface area contributed by atoms with Crippen LogP contribution in [0.3, 0.4) is 0 Å². The fourth-order valence-corrected chi connectivity index (χ4v) is 2.81. The third-order valence-corrected chi connectivity index (χ3v) is 4.00. The van der Waals surface area contributed by atoms with Crippen molar-refractivity contribution in [3.8, 4) is 0 Å². The Bertz CT molecular complexity index is 916. The number of aromatic amines is 1. The summed E-state index contributed by atoms with van der Waals surface area (Å²) in [6.45, 7) is 1.69. The predicted molar refractivity (Wildman–Crippen MR) is 79.3 cm³/mol. The molecule has 0 spiro atoms. The van der Waals surface area contributed by atoms with Crippen molar-refractivity contribution in [3.63, 3.8) is 0 Å². The van der Waals surface area contributed by atoms with E-state index in [0.717, 1.165) is 12.1 Å². The highest BCUT2D eigenvalue weighted by Crippen LogP contribution is 2.30. The van der Waals surface area contributed by atoms with Gasteiger partial charge in [0.2, 0.25) is 0 Å². The van der Waals surface area contributed by atoms with Crippen molar-refractivity contribution in [1.82, 2.24) is 19.6 Å². The van der Waals surface area contributed by atoms with Crippen LogP contribution in [0, 0.1) is 6.92 Å². The summed E-state index contributed by atoms with van der Waals surface area (Å²) in [5, 5.41) is 3.19. The van der Waals surface area contributed by atoms with Gasteiger partial charge in [0.05, 0.1) is 5.56 Å². The van der Waals surface area contributed by atoms with Crippen LogP contribution in [0.5, 0.6) is 0 Å². The van der Waals surface area contributed by atoms with E-state index in [4.69, 9.17) is 0 Å². The zero-order valence-electron chi connectivity index (χ0n) is 11.9. The quantitative estimate of drug-likeness (QED) is 0.745. The Hall–Kier alpha value is -2.29. The third-order valence-electron chi connectivity index (χ3n) is 3.07. The number of fused-ring (bicyclic) bond motifs is 1. The summed E-state index contributed by atoms with van der Waals surface area (Å²) >= 11 is 1.20. The number of nitrogens with zero attached hydrogens (tertiary/aromatic N) is 3. The molecule has 3 aromatic rings. The first kappa shape index (κ1) is 15.6. The van der Waals surface area contributed by atoms with E-state index >= 15 is 0 Å². The minimum atomic E-state index is -4.37. The normalized spacial score (nSPS) is 12.0. The fraction of sp³-hybridized carbons (Fsp3) is 0.214. The minimum Gasteiger partial charge on any atom is -0.267 e. The Kier molecular flexibility index (Phi) is 3.88. The van der Waals surface area contributed by atoms with Crippen LogP contribution in [0.1, 0.15) is 16.8 Å². The second-order valence-corrected chi connectivity index (χ2v) is 5.85. The van der Waals surface area contributed by atoms with Gasteiger partial charge < -0.3 is 0 Å². The molecule has 0 bridgehead atoms. The molecular formula is C14H11F3N4OS. The Morgan fingerprint density at radius 2 is 2.04 bits per heavy atom. The molecule has 0 unspecified atom stereocenters. The Morgan fingerprint density at radius 3 is 2.78 bits per heavy atom. The molecule has 2 aromatic heterocycles. The van der Waals surface area contributed by atoms with Gasteiger partial charge in [0.25, 0.3) is 11.3 Å². The summed E-state index contributed by atoms with van der Waals surface area (Å²) in [4.78, 5) is 20.0. The Labute approximate surface area is 132 Å². The lowest BCUT2D eigenvalue weighted by molar-refractivity contribution is -0.137. The first-order valence-electron chi connectivity index (χ1n) is 6.58. The van der Waals surface area contributed by atoms with Crippen molar-refractivity contribution in [2.45, 2.75) is 24.0 Å². The standard InChI is InChI=1S/C14H11F3N4OS/c1-8-5-11(22)21-12(18-8)19-13(20-21)23-7-9-3-2-4-10(6-9)14(15,16)17/h2-6H,7H2,1H3,(H,18,19,20). The second-order valence-electron chi connectivity index (χ2n) is 4.89. The predicted octanol–water partition coefficient (Wildman–Crippen LogP) is 3.04. The monoisotopic (exact) mass is 340 g/mol. The van der Waals surface area contributed by atoms with Crippen molar-refractivity contribution in [2.24, 2.45) is 0 Å².